The minimum atomic E-state index is -4.35. The van der Waals surface area contributed by atoms with Crippen molar-refractivity contribution in [3.8, 4) is 0 Å². The van der Waals surface area contributed by atoms with Gasteiger partial charge in [-0.1, -0.05) is 0 Å². The van der Waals surface area contributed by atoms with E-state index in [9.17, 15) is 9.36 Å². The van der Waals surface area contributed by atoms with Crippen LogP contribution in [-0.2, 0) is 9.36 Å². The number of ketones is 1. The lowest BCUT2D eigenvalue weighted by molar-refractivity contribution is -0.130. The van der Waals surface area contributed by atoms with Crippen LogP contribution in [0.3, 0.4) is 0 Å². The number of Topliss-reactive ketones (excluding diaryl/α,β-unsaturated/α-hetero) is 1. The van der Waals surface area contributed by atoms with Gasteiger partial charge in [-0.15, -0.1) is 0 Å². The molecule has 0 rings (SSSR count). The Morgan fingerprint density at radius 3 is 2.27 bits per heavy atom. The van der Waals surface area contributed by atoms with Gasteiger partial charge in [-0.3, -0.25) is 4.79 Å². The molecular formula is C6H13O7PS. The Balaban J connectivity index is 4.05. The molecule has 0 aliphatic heterocycles. The van der Waals surface area contributed by atoms with E-state index in [4.69, 9.17) is 25.1 Å². The van der Waals surface area contributed by atoms with E-state index in [0.29, 0.717) is 0 Å². The molecule has 0 aliphatic carbocycles. The Bertz CT molecular complexity index is 252. The predicted molar refractivity (Wildman–Crippen MR) is 53.2 cm³/mol. The van der Waals surface area contributed by atoms with Crippen molar-refractivity contribution in [1.82, 2.24) is 0 Å². The third-order valence-electron chi connectivity index (χ3n) is 1.49. The zero-order chi connectivity index (χ0) is 12.1. The van der Waals surface area contributed by atoms with Crippen LogP contribution in [0.25, 0.3) is 0 Å². The van der Waals surface area contributed by atoms with Crippen LogP contribution in [-0.4, -0.2) is 55.5 Å². The molecular weight excluding hydrogens is 247 g/mol. The van der Waals surface area contributed by atoms with Gasteiger partial charge in [0.25, 0.3) is 0 Å². The molecule has 0 aromatic carbocycles. The van der Waals surface area contributed by atoms with Gasteiger partial charge in [0.05, 0.1) is 11.9 Å². The summed E-state index contributed by atoms with van der Waals surface area (Å²) in [5.41, 5.74) is 0. The number of rotatable bonds is 7. The molecule has 0 radical (unpaired) electrons. The van der Waals surface area contributed by atoms with E-state index in [1.807, 2.05) is 0 Å². The minimum Gasteiger partial charge on any atom is -0.396 e. The summed E-state index contributed by atoms with van der Waals surface area (Å²) in [6, 6.07) is 0. The maximum absolute atomic E-state index is 11.1. The number of carbonyl (C=O) groups excluding carboxylic acids is 1. The Morgan fingerprint density at radius 2 is 1.87 bits per heavy atom. The SMILES string of the molecule is O=C(CSP(=O)(O)O)[C@@H](O)[C@H](O)CCO. The first-order chi connectivity index (χ1) is 6.78. The summed E-state index contributed by atoms with van der Waals surface area (Å²) in [5.74, 6) is -1.47. The van der Waals surface area contributed by atoms with Gasteiger partial charge in [0, 0.05) is 6.61 Å². The molecule has 5 N–H and O–H groups in total. The molecule has 0 aromatic heterocycles. The van der Waals surface area contributed by atoms with E-state index in [0.717, 1.165) is 0 Å². The highest BCUT2D eigenvalue weighted by Crippen LogP contribution is 2.49. The maximum Gasteiger partial charge on any atom is 0.384 e. The number of hydrogen-bond acceptors (Lipinski definition) is 6. The summed E-state index contributed by atoms with van der Waals surface area (Å²) in [6.07, 6.45) is -3.32. The molecule has 0 unspecified atom stereocenters. The van der Waals surface area contributed by atoms with Gasteiger partial charge in [0.2, 0.25) is 0 Å². The van der Waals surface area contributed by atoms with Gasteiger partial charge in [-0.25, -0.2) is 4.57 Å². The summed E-state index contributed by atoms with van der Waals surface area (Å²) in [7, 11) is 0. The van der Waals surface area contributed by atoms with Crippen LogP contribution in [0.1, 0.15) is 6.42 Å². The van der Waals surface area contributed by atoms with E-state index >= 15 is 0 Å². The van der Waals surface area contributed by atoms with Gasteiger partial charge in [-0.2, -0.15) is 0 Å². The van der Waals surface area contributed by atoms with Crippen molar-refractivity contribution < 1.29 is 34.5 Å². The summed E-state index contributed by atoms with van der Waals surface area (Å²) in [6.45, 7) is -4.74. The quantitative estimate of drug-likeness (QED) is 0.348. The number of hydrogen-bond donors (Lipinski definition) is 5. The fourth-order valence-corrected chi connectivity index (χ4v) is 2.09. The van der Waals surface area contributed by atoms with E-state index in [-0.39, 0.29) is 17.8 Å². The molecule has 0 fully saturated rings. The fourth-order valence-electron chi connectivity index (χ4n) is 0.738. The van der Waals surface area contributed by atoms with Gasteiger partial charge in [-0.05, 0) is 17.8 Å². The molecule has 15 heavy (non-hydrogen) atoms. The first-order valence-corrected chi connectivity index (χ1v) is 7.18. The number of aliphatic hydroxyl groups is 3. The Labute approximate surface area is 90.0 Å². The molecule has 0 saturated heterocycles. The zero-order valence-corrected chi connectivity index (χ0v) is 9.39. The highest BCUT2D eigenvalue weighted by molar-refractivity contribution is 8.54. The molecule has 0 amide bonds. The average molecular weight is 260 g/mol. The lowest BCUT2D eigenvalue weighted by Crippen LogP contribution is -2.35. The molecule has 0 aliphatic rings. The average Bonchev–Trinajstić information content (AvgIpc) is 2.12. The summed E-state index contributed by atoms with van der Waals surface area (Å²) in [5, 5.41) is 26.6. The number of carbonyl (C=O) groups is 1. The molecule has 0 bridgehead atoms. The highest BCUT2D eigenvalue weighted by Gasteiger charge is 2.26. The summed E-state index contributed by atoms with van der Waals surface area (Å²) < 4.78 is 10.4. The monoisotopic (exact) mass is 260 g/mol. The summed E-state index contributed by atoms with van der Waals surface area (Å²) in [4.78, 5) is 27.9. The maximum atomic E-state index is 11.1. The van der Waals surface area contributed by atoms with Crippen LogP contribution in [0, 0.1) is 0 Å². The topological polar surface area (TPSA) is 135 Å². The smallest absolute Gasteiger partial charge is 0.384 e. The largest absolute Gasteiger partial charge is 0.396 e. The summed E-state index contributed by atoms with van der Waals surface area (Å²) >= 11 is 0.0890. The number of aliphatic hydroxyl groups excluding tert-OH is 3. The van der Waals surface area contributed by atoms with Crippen LogP contribution < -0.4 is 0 Å². The Kier molecular flexibility index (Phi) is 6.62. The highest BCUT2D eigenvalue weighted by atomic mass is 32.7. The molecule has 0 aromatic rings. The van der Waals surface area contributed by atoms with Crippen molar-refractivity contribution in [2.75, 3.05) is 12.4 Å². The van der Waals surface area contributed by atoms with E-state index in [1.165, 1.54) is 0 Å². The van der Waals surface area contributed by atoms with Crippen molar-refractivity contribution in [1.29, 1.82) is 0 Å². The first kappa shape index (κ1) is 15.0. The van der Waals surface area contributed by atoms with E-state index < -0.39 is 37.1 Å². The molecule has 9 heteroatoms. The van der Waals surface area contributed by atoms with Gasteiger partial charge < -0.3 is 25.1 Å². The van der Waals surface area contributed by atoms with Crippen molar-refractivity contribution in [3.63, 3.8) is 0 Å². The lowest BCUT2D eigenvalue weighted by Gasteiger charge is -2.15. The van der Waals surface area contributed by atoms with Crippen molar-refractivity contribution in [2.45, 2.75) is 18.6 Å². The molecule has 90 valence electrons. The Morgan fingerprint density at radius 1 is 1.33 bits per heavy atom. The zero-order valence-electron chi connectivity index (χ0n) is 7.68. The minimum absolute atomic E-state index is 0.0890. The molecule has 0 spiro atoms. The fraction of sp³-hybridized carbons (Fsp3) is 0.833. The third kappa shape index (κ3) is 7.02. The third-order valence-corrected chi connectivity index (χ3v) is 3.64. The van der Waals surface area contributed by atoms with Crippen molar-refractivity contribution >= 4 is 24.0 Å². The normalized spacial score (nSPS) is 16.1. The second-order valence-electron chi connectivity index (χ2n) is 2.75. The Hall–Kier alpha value is 0.0500. The van der Waals surface area contributed by atoms with Crippen LogP contribution in [0.4, 0.5) is 0 Å². The first-order valence-electron chi connectivity index (χ1n) is 3.97. The van der Waals surface area contributed by atoms with Gasteiger partial charge in [0.15, 0.2) is 5.78 Å². The molecule has 0 heterocycles. The molecule has 0 saturated carbocycles. The molecule has 7 nitrogen and oxygen atoms in total. The second kappa shape index (κ2) is 6.59. The second-order valence-corrected chi connectivity index (χ2v) is 6.48. The van der Waals surface area contributed by atoms with E-state index in [2.05, 4.69) is 0 Å². The van der Waals surface area contributed by atoms with Gasteiger partial charge >= 0.3 is 6.80 Å². The lowest BCUT2D eigenvalue weighted by atomic mass is 10.1. The van der Waals surface area contributed by atoms with E-state index in [1.54, 1.807) is 0 Å². The van der Waals surface area contributed by atoms with Crippen LogP contribution >= 0.6 is 18.2 Å². The van der Waals surface area contributed by atoms with Crippen LogP contribution in [0.5, 0.6) is 0 Å². The van der Waals surface area contributed by atoms with Crippen LogP contribution in [0.15, 0.2) is 0 Å². The molecule has 2 atom stereocenters. The van der Waals surface area contributed by atoms with Crippen molar-refractivity contribution in [3.05, 3.63) is 0 Å². The van der Waals surface area contributed by atoms with Crippen LogP contribution in [0.2, 0.25) is 0 Å². The van der Waals surface area contributed by atoms with Gasteiger partial charge in [0.1, 0.15) is 6.10 Å². The predicted octanol–water partition coefficient (Wildman–Crippen LogP) is -1.51. The standard InChI is InChI=1S/C6H13O7PS/c7-2-1-4(8)6(10)5(9)3-15-14(11,12)13/h4,6-8,10H,1-3H2,(H2,11,12,13)/t4-,6+/m1/s1. The van der Waals surface area contributed by atoms with Crippen molar-refractivity contribution in [2.24, 2.45) is 0 Å².